The smallest absolute Gasteiger partial charge is 0.138 e. The monoisotopic (exact) mass is 332 g/mol. The summed E-state index contributed by atoms with van der Waals surface area (Å²) in [4.78, 5) is 0. The molecule has 0 fully saturated rings. The van der Waals surface area contributed by atoms with Gasteiger partial charge in [-0.15, -0.1) is 11.6 Å². The summed E-state index contributed by atoms with van der Waals surface area (Å²) in [7, 11) is 0. The van der Waals surface area contributed by atoms with Gasteiger partial charge in [0, 0.05) is 17.3 Å². The zero-order valence-electron chi connectivity index (χ0n) is 10.5. The number of halogens is 4. The summed E-state index contributed by atoms with van der Waals surface area (Å²) in [5.74, 6) is 0.658. The highest BCUT2D eigenvalue weighted by Gasteiger charge is 2.15. The summed E-state index contributed by atoms with van der Waals surface area (Å²) in [5, 5.41) is 0.970. The summed E-state index contributed by atoms with van der Waals surface area (Å²) in [6.07, 6.45) is 0.304. The Morgan fingerprint density at radius 3 is 2.35 bits per heavy atom. The normalized spacial score (nSPS) is 12.2. The van der Waals surface area contributed by atoms with Crippen LogP contribution < -0.4 is 4.74 Å². The van der Waals surface area contributed by atoms with E-state index in [2.05, 4.69) is 0 Å². The Hall–Kier alpha value is -0.960. The average Bonchev–Trinajstić information content (AvgIpc) is 2.42. The van der Waals surface area contributed by atoms with Crippen LogP contribution in [0.3, 0.4) is 0 Å². The molecule has 1 unspecified atom stereocenters. The third-order valence-corrected chi connectivity index (χ3v) is 3.52. The second-order valence-electron chi connectivity index (χ2n) is 4.21. The van der Waals surface area contributed by atoms with Crippen molar-refractivity contribution in [3.8, 4) is 5.75 Å². The lowest BCUT2D eigenvalue weighted by atomic mass is 10.1. The minimum absolute atomic E-state index is 0.285. The maximum Gasteiger partial charge on any atom is 0.138 e. The molecule has 2 aromatic carbocycles. The molecule has 2 aromatic rings. The van der Waals surface area contributed by atoms with Crippen LogP contribution in [0.25, 0.3) is 0 Å². The number of hydrogen-bond donors (Lipinski definition) is 0. The molecule has 0 spiro atoms. The lowest BCUT2D eigenvalue weighted by Crippen LogP contribution is -2.08. The van der Waals surface area contributed by atoms with Gasteiger partial charge in [-0.2, -0.15) is 0 Å². The number of rotatable bonds is 5. The highest BCUT2D eigenvalue weighted by molar-refractivity contribution is 6.35. The van der Waals surface area contributed by atoms with E-state index in [9.17, 15) is 4.39 Å². The molecule has 0 heterocycles. The molecule has 2 rings (SSSR count). The van der Waals surface area contributed by atoms with E-state index < -0.39 is 0 Å². The van der Waals surface area contributed by atoms with Gasteiger partial charge in [0.15, 0.2) is 0 Å². The van der Waals surface area contributed by atoms with E-state index in [1.807, 2.05) is 0 Å². The maximum absolute atomic E-state index is 13.0. The molecule has 5 heteroatoms. The number of benzene rings is 2. The van der Waals surface area contributed by atoms with Gasteiger partial charge in [0.2, 0.25) is 0 Å². The first kappa shape index (κ1) is 15.4. The molecule has 0 aliphatic heterocycles. The van der Waals surface area contributed by atoms with Crippen LogP contribution in [-0.4, -0.2) is 5.88 Å². The van der Waals surface area contributed by atoms with Crippen molar-refractivity contribution in [3.05, 3.63) is 63.9 Å². The van der Waals surface area contributed by atoms with Crippen LogP contribution in [-0.2, 0) is 0 Å². The average molecular weight is 334 g/mol. The molecule has 0 saturated heterocycles. The largest absolute Gasteiger partial charge is 0.484 e. The summed E-state index contributed by atoms with van der Waals surface area (Å²) in [6.45, 7) is 0. The van der Waals surface area contributed by atoms with Crippen molar-refractivity contribution in [2.24, 2.45) is 0 Å². The third-order valence-electron chi connectivity index (χ3n) is 2.78. The Morgan fingerprint density at radius 1 is 1.05 bits per heavy atom. The van der Waals surface area contributed by atoms with Crippen LogP contribution in [0.4, 0.5) is 4.39 Å². The van der Waals surface area contributed by atoms with Gasteiger partial charge < -0.3 is 4.74 Å². The standard InChI is InChI=1S/C15H12Cl3FO/c16-8-7-14(10-1-4-12(19)5-2-10)20-15-6-3-11(17)9-13(15)18/h1-6,9,14H,7-8H2. The van der Waals surface area contributed by atoms with Crippen molar-refractivity contribution in [3.63, 3.8) is 0 Å². The Labute approximate surface area is 132 Å². The lowest BCUT2D eigenvalue weighted by molar-refractivity contribution is 0.202. The molecule has 0 aliphatic rings. The zero-order valence-corrected chi connectivity index (χ0v) is 12.7. The zero-order chi connectivity index (χ0) is 14.5. The van der Waals surface area contributed by atoms with E-state index in [0.29, 0.717) is 28.1 Å². The molecule has 106 valence electrons. The Balaban J connectivity index is 2.22. The molecule has 0 radical (unpaired) electrons. The van der Waals surface area contributed by atoms with E-state index >= 15 is 0 Å². The molecule has 0 aliphatic carbocycles. The Morgan fingerprint density at radius 2 is 1.75 bits per heavy atom. The van der Waals surface area contributed by atoms with Crippen LogP contribution in [0.2, 0.25) is 10.0 Å². The van der Waals surface area contributed by atoms with Gasteiger partial charge in [0.25, 0.3) is 0 Å². The summed E-state index contributed by atoms with van der Waals surface area (Å²) in [6, 6.07) is 11.2. The molecule has 1 nitrogen and oxygen atoms in total. The minimum atomic E-state index is -0.289. The molecular weight excluding hydrogens is 322 g/mol. The van der Waals surface area contributed by atoms with Crippen LogP contribution in [0.5, 0.6) is 5.75 Å². The second kappa shape index (κ2) is 7.16. The Kier molecular flexibility index (Phi) is 5.53. The van der Waals surface area contributed by atoms with E-state index in [1.54, 1.807) is 30.3 Å². The van der Waals surface area contributed by atoms with Gasteiger partial charge in [-0.1, -0.05) is 35.3 Å². The van der Waals surface area contributed by atoms with Gasteiger partial charge in [0.1, 0.15) is 17.7 Å². The fraction of sp³-hybridized carbons (Fsp3) is 0.200. The van der Waals surface area contributed by atoms with Crippen molar-refractivity contribution in [2.75, 3.05) is 5.88 Å². The fourth-order valence-electron chi connectivity index (χ4n) is 1.79. The predicted molar refractivity (Wildman–Crippen MR) is 81.6 cm³/mol. The van der Waals surface area contributed by atoms with Crippen molar-refractivity contribution in [1.29, 1.82) is 0 Å². The number of ether oxygens (including phenoxy) is 1. The SMILES string of the molecule is Fc1ccc(C(CCCl)Oc2ccc(Cl)cc2Cl)cc1. The number of hydrogen-bond acceptors (Lipinski definition) is 1. The van der Waals surface area contributed by atoms with Gasteiger partial charge >= 0.3 is 0 Å². The van der Waals surface area contributed by atoms with Gasteiger partial charge in [-0.3, -0.25) is 0 Å². The molecule has 0 amide bonds. The molecule has 0 bridgehead atoms. The first-order valence-electron chi connectivity index (χ1n) is 6.03. The van der Waals surface area contributed by atoms with Crippen LogP contribution >= 0.6 is 34.8 Å². The van der Waals surface area contributed by atoms with E-state index in [1.165, 1.54) is 12.1 Å². The first-order valence-corrected chi connectivity index (χ1v) is 7.32. The van der Waals surface area contributed by atoms with Gasteiger partial charge in [-0.05, 0) is 35.9 Å². The van der Waals surface area contributed by atoms with Crippen molar-refractivity contribution in [1.82, 2.24) is 0 Å². The van der Waals surface area contributed by atoms with E-state index in [-0.39, 0.29) is 11.9 Å². The fourth-order valence-corrected chi connectivity index (χ4v) is 2.45. The molecule has 1 atom stereocenters. The summed E-state index contributed by atoms with van der Waals surface area (Å²) < 4.78 is 18.8. The number of alkyl halides is 1. The van der Waals surface area contributed by atoms with Gasteiger partial charge in [-0.25, -0.2) is 4.39 Å². The van der Waals surface area contributed by atoms with Crippen molar-refractivity contribution >= 4 is 34.8 Å². The predicted octanol–water partition coefficient (Wildman–Crippen LogP) is 5.88. The van der Waals surface area contributed by atoms with Crippen molar-refractivity contribution < 1.29 is 9.13 Å². The van der Waals surface area contributed by atoms with Crippen LogP contribution in [0, 0.1) is 5.82 Å². The topological polar surface area (TPSA) is 9.23 Å². The van der Waals surface area contributed by atoms with Crippen molar-refractivity contribution in [2.45, 2.75) is 12.5 Å². The highest BCUT2D eigenvalue weighted by atomic mass is 35.5. The second-order valence-corrected chi connectivity index (χ2v) is 5.43. The highest BCUT2D eigenvalue weighted by Crippen LogP contribution is 2.32. The lowest BCUT2D eigenvalue weighted by Gasteiger charge is -2.19. The quantitative estimate of drug-likeness (QED) is 0.621. The van der Waals surface area contributed by atoms with E-state index in [0.717, 1.165) is 5.56 Å². The molecule has 20 heavy (non-hydrogen) atoms. The first-order chi connectivity index (χ1) is 9.60. The Bertz CT molecular complexity index is 572. The summed E-state index contributed by atoms with van der Waals surface area (Å²) >= 11 is 17.7. The van der Waals surface area contributed by atoms with E-state index in [4.69, 9.17) is 39.5 Å². The molecule has 0 N–H and O–H groups in total. The molecule has 0 aromatic heterocycles. The van der Waals surface area contributed by atoms with Crippen LogP contribution in [0.15, 0.2) is 42.5 Å². The van der Waals surface area contributed by atoms with Crippen LogP contribution in [0.1, 0.15) is 18.1 Å². The minimum Gasteiger partial charge on any atom is -0.484 e. The van der Waals surface area contributed by atoms with Gasteiger partial charge in [0.05, 0.1) is 5.02 Å². The molecular formula is C15H12Cl3FO. The molecule has 0 saturated carbocycles. The third kappa shape index (κ3) is 4.02. The summed E-state index contributed by atoms with van der Waals surface area (Å²) in [5.41, 5.74) is 0.845. The maximum atomic E-state index is 13.0.